The van der Waals surface area contributed by atoms with Gasteiger partial charge in [-0.3, -0.25) is 18.7 Å². The number of carbonyl (C=O) groups excluding carboxylic acids is 1. The number of hydrogen-bond acceptors (Lipinski definition) is 4. The van der Waals surface area contributed by atoms with E-state index < -0.39 is 17.1 Å². The summed E-state index contributed by atoms with van der Waals surface area (Å²) in [6.07, 6.45) is 0. The first kappa shape index (κ1) is 18.3. The van der Waals surface area contributed by atoms with Crippen molar-refractivity contribution in [3.05, 3.63) is 98.1 Å². The first-order chi connectivity index (χ1) is 12.9. The molecule has 7 heteroatoms. The number of halogens is 1. The standard InChI is InChI=1S/C20H17FN2O4/c1-22-16(11-18(24)23(2)20(22)26)12-27-17-9-5-14(6-10-17)19(25)13-3-7-15(21)8-4-13/h3-11H,12H2,1-2H3. The number of ether oxygens (including phenoxy) is 1. The van der Waals surface area contributed by atoms with Crippen LogP contribution in [0.5, 0.6) is 5.75 Å². The zero-order valence-electron chi connectivity index (χ0n) is 14.8. The number of benzene rings is 2. The molecule has 6 nitrogen and oxygen atoms in total. The zero-order valence-corrected chi connectivity index (χ0v) is 14.8. The highest BCUT2D eigenvalue weighted by Crippen LogP contribution is 2.17. The summed E-state index contributed by atoms with van der Waals surface area (Å²) < 4.78 is 20.9. The molecule has 0 saturated carbocycles. The highest BCUT2D eigenvalue weighted by Gasteiger charge is 2.10. The largest absolute Gasteiger partial charge is 0.487 e. The van der Waals surface area contributed by atoms with E-state index in [2.05, 4.69) is 0 Å². The van der Waals surface area contributed by atoms with E-state index in [-0.39, 0.29) is 12.4 Å². The predicted molar refractivity (Wildman–Crippen MR) is 97.5 cm³/mol. The number of aromatic nitrogens is 2. The first-order valence-corrected chi connectivity index (χ1v) is 8.16. The van der Waals surface area contributed by atoms with Gasteiger partial charge in [0.1, 0.15) is 18.2 Å². The summed E-state index contributed by atoms with van der Waals surface area (Å²) in [7, 11) is 2.97. The highest BCUT2D eigenvalue weighted by molar-refractivity contribution is 6.08. The van der Waals surface area contributed by atoms with Crippen molar-refractivity contribution >= 4 is 5.78 Å². The molecule has 0 bridgehead atoms. The Bertz CT molecular complexity index is 1100. The van der Waals surface area contributed by atoms with Crippen molar-refractivity contribution in [2.75, 3.05) is 0 Å². The fourth-order valence-electron chi connectivity index (χ4n) is 2.54. The minimum atomic E-state index is -0.429. The molecule has 0 radical (unpaired) electrons. The number of ketones is 1. The van der Waals surface area contributed by atoms with Crippen molar-refractivity contribution in [2.45, 2.75) is 6.61 Å². The van der Waals surface area contributed by atoms with E-state index in [0.717, 1.165) is 4.57 Å². The van der Waals surface area contributed by atoms with Gasteiger partial charge in [0.25, 0.3) is 5.56 Å². The van der Waals surface area contributed by atoms with Gasteiger partial charge in [0, 0.05) is 31.3 Å². The van der Waals surface area contributed by atoms with Crippen molar-refractivity contribution in [1.82, 2.24) is 9.13 Å². The molecule has 0 N–H and O–H groups in total. The third-order valence-corrected chi connectivity index (χ3v) is 4.23. The molecule has 0 aliphatic rings. The Balaban J connectivity index is 1.73. The maximum absolute atomic E-state index is 13.0. The topological polar surface area (TPSA) is 70.3 Å². The Morgan fingerprint density at radius 3 is 2.07 bits per heavy atom. The average molecular weight is 368 g/mol. The zero-order chi connectivity index (χ0) is 19.6. The second kappa shape index (κ2) is 7.41. The van der Waals surface area contributed by atoms with Crippen LogP contribution >= 0.6 is 0 Å². The van der Waals surface area contributed by atoms with Crippen LogP contribution in [-0.2, 0) is 20.7 Å². The van der Waals surface area contributed by atoms with Crippen LogP contribution in [0.1, 0.15) is 21.6 Å². The van der Waals surface area contributed by atoms with Crippen LogP contribution in [0.25, 0.3) is 0 Å². The molecule has 0 unspecified atom stereocenters. The number of rotatable bonds is 5. The Morgan fingerprint density at radius 1 is 0.926 bits per heavy atom. The van der Waals surface area contributed by atoms with E-state index in [9.17, 15) is 18.8 Å². The fraction of sp³-hybridized carbons (Fsp3) is 0.150. The molecule has 0 fully saturated rings. The van der Waals surface area contributed by atoms with Gasteiger partial charge in [-0.25, -0.2) is 9.18 Å². The van der Waals surface area contributed by atoms with E-state index >= 15 is 0 Å². The lowest BCUT2D eigenvalue weighted by atomic mass is 10.0. The Labute approximate surface area is 154 Å². The van der Waals surface area contributed by atoms with Crippen LogP contribution in [0.4, 0.5) is 4.39 Å². The van der Waals surface area contributed by atoms with Crippen LogP contribution in [0.3, 0.4) is 0 Å². The smallest absolute Gasteiger partial charge is 0.330 e. The number of hydrogen-bond donors (Lipinski definition) is 0. The lowest BCUT2D eigenvalue weighted by Crippen LogP contribution is -2.38. The molecule has 138 valence electrons. The van der Waals surface area contributed by atoms with E-state index in [1.165, 1.54) is 41.9 Å². The van der Waals surface area contributed by atoms with E-state index in [1.54, 1.807) is 31.3 Å². The van der Waals surface area contributed by atoms with Crippen molar-refractivity contribution < 1.29 is 13.9 Å². The van der Waals surface area contributed by atoms with Crippen molar-refractivity contribution in [1.29, 1.82) is 0 Å². The molecule has 3 aromatic rings. The first-order valence-electron chi connectivity index (χ1n) is 8.16. The van der Waals surface area contributed by atoms with Gasteiger partial charge < -0.3 is 4.74 Å². The minimum absolute atomic E-state index is 0.0348. The van der Waals surface area contributed by atoms with Gasteiger partial charge in [-0.15, -0.1) is 0 Å². The molecule has 0 saturated heterocycles. The molecule has 3 rings (SSSR count). The van der Waals surface area contributed by atoms with Crippen molar-refractivity contribution in [3.8, 4) is 5.75 Å². The molecule has 27 heavy (non-hydrogen) atoms. The lowest BCUT2D eigenvalue weighted by Gasteiger charge is -2.11. The highest BCUT2D eigenvalue weighted by atomic mass is 19.1. The molecular weight excluding hydrogens is 351 g/mol. The van der Waals surface area contributed by atoms with E-state index in [4.69, 9.17) is 4.74 Å². The summed E-state index contributed by atoms with van der Waals surface area (Å²) in [6.45, 7) is 0.0348. The predicted octanol–water partition coefficient (Wildman–Crippen LogP) is 2.03. The SMILES string of the molecule is Cn1c(COc2ccc(C(=O)c3ccc(F)cc3)cc2)cc(=O)n(C)c1=O. The summed E-state index contributed by atoms with van der Waals surface area (Å²) in [5.74, 6) is -0.144. The molecule has 0 aliphatic heterocycles. The maximum atomic E-state index is 13.0. The second-order valence-electron chi connectivity index (χ2n) is 6.02. The Morgan fingerprint density at radius 2 is 1.48 bits per heavy atom. The number of carbonyl (C=O) groups is 1. The third kappa shape index (κ3) is 3.87. The summed E-state index contributed by atoms with van der Waals surface area (Å²) in [6, 6.07) is 13.1. The average Bonchev–Trinajstić information content (AvgIpc) is 2.68. The van der Waals surface area contributed by atoms with Gasteiger partial charge in [0.15, 0.2) is 5.78 Å². The van der Waals surface area contributed by atoms with E-state index in [0.29, 0.717) is 22.6 Å². The van der Waals surface area contributed by atoms with Gasteiger partial charge in [-0.05, 0) is 48.5 Å². The van der Waals surface area contributed by atoms with Gasteiger partial charge in [0.05, 0.1) is 5.69 Å². The molecule has 0 aliphatic carbocycles. The van der Waals surface area contributed by atoms with Gasteiger partial charge in [-0.2, -0.15) is 0 Å². The second-order valence-corrected chi connectivity index (χ2v) is 6.02. The van der Waals surface area contributed by atoms with Crippen molar-refractivity contribution in [3.63, 3.8) is 0 Å². The Hall–Kier alpha value is -3.48. The maximum Gasteiger partial charge on any atom is 0.330 e. The van der Waals surface area contributed by atoms with Gasteiger partial charge in [-0.1, -0.05) is 0 Å². The third-order valence-electron chi connectivity index (χ3n) is 4.23. The quantitative estimate of drug-likeness (QED) is 0.646. The summed E-state index contributed by atoms with van der Waals surface area (Å²) in [5.41, 5.74) is 0.433. The minimum Gasteiger partial charge on any atom is -0.487 e. The van der Waals surface area contributed by atoms with Crippen LogP contribution in [0.2, 0.25) is 0 Å². The van der Waals surface area contributed by atoms with Gasteiger partial charge >= 0.3 is 5.69 Å². The lowest BCUT2D eigenvalue weighted by molar-refractivity contribution is 0.103. The molecule has 0 atom stereocenters. The molecular formula is C20H17FN2O4. The van der Waals surface area contributed by atoms with Gasteiger partial charge in [0.2, 0.25) is 0 Å². The fourth-order valence-corrected chi connectivity index (χ4v) is 2.54. The number of nitrogens with zero attached hydrogens (tertiary/aromatic N) is 2. The summed E-state index contributed by atoms with van der Waals surface area (Å²) >= 11 is 0. The Kier molecular flexibility index (Phi) is 5.03. The van der Waals surface area contributed by atoms with Crippen molar-refractivity contribution in [2.24, 2.45) is 14.1 Å². The van der Waals surface area contributed by atoms with Crippen LogP contribution < -0.4 is 16.0 Å². The molecule has 1 heterocycles. The van der Waals surface area contributed by atoms with Crippen LogP contribution in [-0.4, -0.2) is 14.9 Å². The van der Waals surface area contributed by atoms with Crippen LogP contribution in [0, 0.1) is 5.82 Å². The summed E-state index contributed by atoms with van der Waals surface area (Å²) in [5, 5.41) is 0. The van der Waals surface area contributed by atoms with E-state index in [1.807, 2.05) is 0 Å². The normalized spacial score (nSPS) is 10.6. The molecule has 0 amide bonds. The monoisotopic (exact) mass is 368 g/mol. The summed E-state index contributed by atoms with van der Waals surface area (Å²) in [4.78, 5) is 36.0. The molecule has 0 spiro atoms. The molecule has 2 aromatic carbocycles. The molecule has 1 aromatic heterocycles. The van der Waals surface area contributed by atoms with Crippen LogP contribution in [0.15, 0.2) is 64.2 Å².